The Labute approximate surface area is 246 Å². The molecule has 0 aromatic heterocycles. The summed E-state index contributed by atoms with van der Waals surface area (Å²) in [7, 11) is 0. The Morgan fingerprint density at radius 3 is 1.50 bits per heavy atom. The second kappa shape index (κ2) is 30.9. The minimum atomic E-state index is -0.742. The number of hydrogen-bond donors (Lipinski definition) is 1. The summed E-state index contributed by atoms with van der Waals surface area (Å²) >= 11 is 0. The molecule has 0 rings (SSSR count). The van der Waals surface area contributed by atoms with Gasteiger partial charge in [-0.05, 0) is 77.0 Å². The molecule has 0 fully saturated rings. The number of carbonyl (C=O) groups excluding carboxylic acids is 1. The number of rotatable bonds is 27. The lowest BCUT2D eigenvalue weighted by atomic mass is 10.0. The maximum atomic E-state index is 12.4. The molecule has 0 radical (unpaired) electrons. The molecule has 0 aromatic rings. The first-order valence-corrected chi connectivity index (χ1v) is 15.9. The molecule has 0 aliphatic carbocycles. The summed E-state index contributed by atoms with van der Waals surface area (Å²) in [6, 6.07) is 0. The van der Waals surface area contributed by atoms with E-state index in [1.165, 1.54) is 25.7 Å². The maximum absolute atomic E-state index is 12.4. The lowest BCUT2D eigenvalue weighted by Crippen LogP contribution is -2.18. The van der Waals surface area contributed by atoms with Crippen molar-refractivity contribution in [2.45, 2.75) is 142 Å². The lowest BCUT2D eigenvalue weighted by Gasteiger charge is -2.18. The fourth-order valence-electron chi connectivity index (χ4n) is 4.15. The van der Waals surface area contributed by atoms with Crippen LogP contribution in [0.25, 0.3) is 0 Å². The van der Waals surface area contributed by atoms with Crippen LogP contribution in [-0.4, -0.2) is 23.1 Å². The van der Waals surface area contributed by atoms with E-state index in [2.05, 4.69) is 86.8 Å². The summed E-state index contributed by atoms with van der Waals surface area (Å²) in [6.45, 7) is 4.36. The van der Waals surface area contributed by atoms with E-state index in [4.69, 9.17) is 9.84 Å². The Morgan fingerprint density at radius 2 is 1.02 bits per heavy atom. The number of carboxylic acids is 1. The lowest BCUT2D eigenvalue weighted by molar-refractivity contribution is -0.149. The number of aliphatic carboxylic acids is 1. The number of unbranched alkanes of at least 4 members (excludes halogenated alkanes) is 6. The van der Waals surface area contributed by atoms with Crippen molar-refractivity contribution in [3.63, 3.8) is 0 Å². The van der Waals surface area contributed by atoms with E-state index in [1.54, 1.807) is 0 Å². The average molecular weight is 555 g/mol. The van der Waals surface area contributed by atoms with Crippen LogP contribution in [-0.2, 0) is 14.3 Å². The zero-order chi connectivity index (χ0) is 29.4. The number of carbonyl (C=O) groups is 2. The van der Waals surface area contributed by atoms with Gasteiger partial charge >= 0.3 is 11.9 Å². The van der Waals surface area contributed by atoms with Crippen LogP contribution in [0.5, 0.6) is 0 Å². The molecule has 0 spiro atoms. The van der Waals surface area contributed by atoms with Crippen LogP contribution in [0, 0.1) is 0 Å². The highest BCUT2D eigenvalue weighted by Gasteiger charge is 2.14. The summed E-state index contributed by atoms with van der Waals surface area (Å²) in [5, 5.41) is 8.79. The van der Waals surface area contributed by atoms with Crippen molar-refractivity contribution in [2.24, 2.45) is 0 Å². The van der Waals surface area contributed by atoms with Gasteiger partial charge in [-0.15, -0.1) is 0 Å². The monoisotopic (exact) mass is 554 g/mol. The van der Waals surface area contributed by atoms with E-state index in [0.717, 1.165) is 70.6 Å². The Balaban J connectivity index is 4.04. The number of carboxylic acid groups (broad SMARTS) is 1. The summed E-state index contributed by atoms with van der Waals surface area (Å²) in [4.78, 5) is 23.1. The molecule has 1 atom stereocenters. The second-order valence-electron chi connectivity index (χ2n) is 10.3. The molecule has 0 saturated carbocycles. The Kier molecular flexibility index (Phi) is 28.9. The van der Waals surface area contributed by atoms with E-state index in [9.17, 15) is 9.59 Å². The summed E-state index contributed by atoms with van der Waals surface area (Å²) in [5.74, 6) is -0.864. The van der Waals surface area contributed by atoms with Crippen molar-refractivity contribution < 1.29 is 19.4 Å². The molecule has 40 heavy (non-hydrogen) atoms. The first-order valence-electron chi connectivity index (χ1n) is 15.9. The molecule has 1 unspecified atom stereocenters. The molecule has 0 bridgehead atoms. The predicted octanol–water partition coefficient (Wildman–Crippen LogP) is 10.8. The fraction of sp³-hybridized carbons (Fsp3) is 0.611. The third kappa shape index (κ3) is 29.9. The molecular weight excluding hydrogens is 496 g/mol. The van der Waals surface area contributed by atoms with Gasteiger partial charge in [-0.1, -0.05) is 119 Å². The van der Waals surface area contributed by atoms with Gasteiger partial charge < -0.3 is 9.84 Å². The van der Waals surface area contributed by atoms with Gasteiger partial charge in [-0.2, -0.15) is 0 Å². The van der Waals surface area contributed by atoms with Crippen molar-refractivity contribution in [1.29, 1.82) is 0 Å². The molecular formula is C36H58O4. The molecule has 0 aromatic carbocycles. The first-order chi connectivity index (χ1) is 19.6. The molecule has 0 aliphatic rings. The standard InChI is InChI=1S/C36H58O4/c1-3-5-7-9-10-11-12-13-14-15-16-17-18-19-20-21-22-24-29-33-36(39)40-34(30-26-23-8-6-4-2)31-27-25-28-32-35(37)38/h5,7,10-11,13-14,16-17,19-20,22,24,34H,3-4,6,8-9,12,15,18,21,23,25-33H2,1-2H3,(H,37,38)/b7-5-,11-10-,14-13-,17-16-,20-19-,24-22-. The number of esters is 1. The zero-order valence-corrected chi connectivity index (χ0v) is 25.6. The Hall–Kier alpha value is -2.62. The van der Waals surface area contributed by atoms with Gasteiger partial charge in [0.15, 0.2) is 0 Å². The third-order valence-corrected chi connectivity index (χ3v) is 6.46. The van der Waals surface area contributed by atoms with Gasteiger partial charge in [0.05, 0.1) is 0 Å². The summed E-state index contributed by atoms with van der Waals surface area (Å²) in [6.07, 6.45) is 43.5. The normalized spacial score (nSPS) is 13.2. The summed E-state index contributed by atoms with van der Waals surface area (Å²) < 4.78 is 5.80. The minimum absolute atomic E-state index is 0.0377. The van der Waals surface area contributed by atoms with Crippen LogP contribution < -0.4 is 0 Å². The smallest absolute Gasteiger partial charge is 0.306 e. The van der Waals surface area contributed by atoms with E-state index in [0.29, 0.717) is 19.3 Å². The van der Waals surface area contributed by atoms with E-state index in [1.807, 2.05) is 0 Å². The van der Waals surface area contributed by atoms with Crippen LogP contribution in [0.4, 0.5) is 0 Å². The SMILES string of the molecule is CC/C=C\C/C=C\C/C=C\C/C=C\C/C=C\C/C=C\CCC(=O)OC(CCCCCCC)CCCCCC(=O)O. The highest BCUT2D eigenvalue weighted by molar-refractivity contribution is 5.69. The van der Waals surface area contributed by atoms with Gasteiger partial charge in [-0.25, -0.2) is 0 Å². The molecule has 0 saturated heterocycles. The number of allylic oxidation sites excluding steroid dienone is 12. The van der Waals surface area contributed by atoms with Crippen LogP contribution >= 0.6 is 0 Å². The minimum Gasteiger partial charge on any atom is -0.481 e. The molecule has 0 aliphatic heterocycles. The van der Waals surface area contributed by atoms with Crippen LogP contribution in [0.1, 0.15) is 136 Å². The number of ether oxygens (including phenoxy) is 1. The van der Waals surface area contributed by atoms with Gasteiger partial charge in [0.25, 0.3) is 0 Å². The quantitative estimate of drug-likeness (QED) is 0.0623. The van der Waals surface area contributed by atoms with E-state index >= 15 is 0 Å². The maximum Gasteiger partial charge on any atom is 0.306 e. The van der Waals surface area contributed by atoms with Gasteiger partial charge in [0.2, 0.25) is 0 Å². The van der Waals surface area contributed by atoms with Crippen LogP contribution in [0.2, 0.25) is 0 Å². The fourth-order valence-corrected chi connectivity index (χ4v) is 4.15. The van der Waals surface area contributed by atoms with Crippen LogP contribution in [0.3, 0.4) is 0 Å². The molecule has 226 valence electrons. The molecule has 4 heteroatoms. The zero-order valence-electron chi connectivity index (χ0n) is 25.6. The third-order valence-electron chi connectivity index (χ3n) is 6.46. The Morgan fingerprint density at radius 1 is 0.575 bits per heavy atom. The van der Waals surface area contributed by atoms with Crippen molar-refractivity contribution in [1.82, 2.24) is 0 Å². The Bertz CT molecular complexity index is 770. The van der Waals surface area contributed by atoms with Crippen molar-refractivity contribution in [2.75, 3.05) is 0 Å². The van der Waals surface area contributed by atoms with E-state index in [-0.39, 0.29) is 18.5 Å². The summed E-state index contributed by atoms with van der Waals surface area (Å²) in [5.41, 5.74) is 0. The molecule has 1 N–H and O–H groups in total. The largest absolute Gasteiger partial charge is 0.481 e. The van der Waals surface area contributed by atoms with E-state index < -0.39 is 5.97 Å². The van der Waals surface area contributed by atoms with Gasteiger partial charge in [0, 0.05) is 12.8 Å². The molecule has 0 amide bonds. The molecule has 0 heterocycles. The predicted molar refractivity (Wildman–Crippen MR) is 171 cm³/mol. The van der Waals surface area contributed by atoms with Crippen molar-refractivity contribution >= 4 is 11.9 Å². The highest BCUT2D eigenvalue weighted by Crippen LogP contribution is 2.17. The number of hydrogen-bond acceptors (Lipinski definition) is 3. The first kappa shape index (κ1) is 37.4. The van der Waals surface area contributed by atoms with Crippen molar-refractivity contribution in [3.8, 4) is 0 Å². The average Bonchev–Trinajstić information content (AvgIpc) is 2.93. The van der Waals surface area contributed by atoms with Gasteiger partial charge in [-0.3, -0.25) is 9.59 Å². The second-order valence-corrected chi connectivity index (χ2v) is 10.3. The molecule has 4 nitrogen and oxygen atoms in total. The topological polar surface area (TPSA) is 63.6 Å². The highest BCUT2D eigenvalue weighted by atomic mass is 16.5. The van der Waals surface area contributed by atoms with Crippen molar-refractivity contribution in [3.05, 3.63) is 72.9 Å². The van der Waals surface area contributed by atoms with Crippen LogP contribution in [0.15, 0.2) is 72.9 Å². The van der Waals surface area contributed by atoms with Gasteiger partial charge in [0.1, 0.15) is 6.10 Å².